The van der Waals surface area contributed by atoms with E-state index in [4.69, 9.17) is 4.74 Å². The first-order valence-electron chi connectivity index (χ1n) is 21.1. The van der Waals surface area contributed by atoms with Gasteiger partial charge in [-0.05, 0) is 121 Å². The molecular weight excluding hydrogens is 927 g/mol. The van der Waals surface area contributed by atoms with Crippen LogP contribution in [-0.4, -0.2) is 97.8 Å². The van der Waals surface area contributed by atoms with Crippen LogP contribution in [0.5, 0.6) is 5.75 Å². The van der Waals surface area contributed by atoms with E-state index in [-0.39, 0.29) is 24.0 Å². The first-order chi connectivity index (χ1) is 29.7. The van der Waals surface area contributed by atoms with E-state index in [9.17, 15) is 14.7 Å². The van der Waals surface area contributed by atoms with Crippen LogP contribution in [0, 0.1) is 30.5 Å². The highest BCUT2D eigenvalue weighted by atomic mass is 127. The lowest BCUT2D eigenvalue weighted by Gasteiger charge is -2.28. The van der Waals surface area contributed by atoms with Crippen molar-refractivity contribution in [3.63, 3.8) is 0 Å². The quantitative estimate of drug-likeness (QED) is 0.0399. The first kappa shape index (κ1) is 44.6. The van der Waals surface area contributed by atoms with Gasteiger partial charge in [-0.3, -0.25) is 4.79 Å². The summed E-state index contributed by atoms with van der Waals surface area (Å²) < 4.78 is 22.5. The molecule has 0 aliphatic carbocycles. The normalized spacial score (nSPS) is 15.5. The number of alkyl halides is 1. The monoisotopic (exact) mass is 978 g/mol. The molecule has 322 valence electrons. The zero-order chi connectivity index (χ0) is 42.7. The third-order valence-electron chi connectivity index (χ3n) is 11.3. The second-order valence-corrected chi connectivity index (χ2v) is 18.5. The van der Waals surface area contributed by atoms with E-state index in [1.807, 2.05) is 48.0 Å². The van der Waals surface area contributed by atoms with Crippen molar-refractivity contribution < 1.29 is 23.8 Å². The zero-order valence-corrected chi connectivity index (χ0v) is 38.5. The Kier molecular flexibility index (Phi) is 15.8. The van der Waals surface area contributed by atoms with E-state index < -0.39 is 11.8 Å². The Balaban J connectivity index is 0.872. The minimum Gasteiger partial charge on any atom is -0.491 e. The van der Waals surface area contributed by atoms with Crippen LogP contribution in [0.1, 0.15) is 89.8 Å². The number of carbonyl (C=O) groups is 2. The molecule has 3 aromatic heterocycles. The predicted octanol–water partition coefficient (Wildman–Crippen LogP) is 9.44. The summed E-state index contributed by atoms with van der Waals surface area (Å²) in [6.07, 6.45) is 10.1. The van der Waals surface area contributed by atoms with Crippen LogP contribution in [0.25, 0.3) is 10.2 Å². The van der Waals surface area contributed by atoms with Gasteiger partial charge in [0, 0.05) is 48.1 Å². The number of carboxylic acids is 1. The molecule has 1 saturated heterocycles. The lowest BCUT2D eigenvalue weighted by molar-refractivity contribution is -0.126. The van der Waals surface area contributed by atoms with Gasteiger partial charge in [-0.2, -0.15) is 0 Å². The Morgan fingerprint density at radius 1 is 1.05 bits per heavy atom. The van der Waals surface area contributed by atoms with Gasteiger partial charge < -0.3 is 29.9 Å². The number of aryl methyl sites for hydroxylation is 1. The smallest absolute Gasteiger partial charge is 0.355 e. The number of hydrogen-bond acceptors (Lipinski definition) is 12. The van der Waals surface area contributed by atoms with Gasteiger partial charge in [0.15, 0.2) is 39.2 Å². The Labute approximate surface area is 378 Å². The molecule has 0 radical (unpaired) electrons. The van der Waals surface area contributed by atoms with Crippen molar-refractivity contribution in [2.24, 2.45) is 5.92 Å². The molecule has 0 bridgehead atoms. The number of nitrogens with one attached hydrogen (secondary N) is 1. The minimum atomic E-state index is -1.09. The van der Waals surface area contributed by atoms with Gasteiger partial charge in [0.25, 0.3) is 0 Å². The van der Waals surface area contributed by atoms with E-state index in [2.05, 4.69) is 64.8 Å². The molecule has 1 amide bonds. The first-order valence-corrected chi connectivity index (χ1v) is 24.3. The van der Waals surface area contributed by atoms with Crippen molar-refractivity contribution in [2.75, 3.05) is 61.0 Å². The molecule has 1 unspecified atom stereocenters. The average molecular weight is 979 g/mol. The fourth-order valence-corrected chi connectivity index (χ4v) is 10.4. The molecule has 5 aromatic rings. The summed E-state index contributed by atoms with van der Waals surface area (Å²) in [7, 11) is 1.88. The molecule has 1 fully saturated rings. The third kappa shape index (κ3) is 11.7. The van der Waals surface area contributed by atoms with Gasteiger partial charge in [-0.15, -0.1) is 21.5 Å². The number of hydrogen-bond donors (Lipinski definition) is 2. The highest BCUT2D eigenvalue weighted by Gasteiger charge is 2.28. The summed E-state index contributed by atoms with van der Waals surface area (Å²) in [5.41, 5.74) is 3.57. The highest BCUT2D eigenvalue weighted by molar-refractivity contribution is 14.1. The summed E-state index contributed by atoms with van der Waals surface area (Å²) >= 11 is 5.01. The van der Waals surface area contributed by atoms with Crippen molar-refractivity contribution in [1.29, 1.82) is 0 Å². The third-order valence-corrected chi connectivity index (χ3v) is 14.1. The number of carboxylic acid groups (broad SMARTS) is 1. The predicted molar refractivity (Wildman–Crippen MR) is 250 cm³/mol. The Hall–Kier alpha value is -4.44. The number of nitrogens with zero attached hydrogens (tertiary/aromatic N) is 7. The average Bonchev–Trinajstić information content (AvgIpc) is 3.81. The fraction of sp³-hybridized carbons (Fsp3) is 0.467. The standard InChI is InChI=1S/C45H52FIN8O4S2/c1-30-33-15-10-25-55(42(33)52-51-41(30)50-44-48-35-16-4-5-17-37(35)60-44)45-49-40(43(57)58)38(61-45)18-11-27-59-36-20-19-32(28-34(36)46)13-8-12-31-14-9-24-54(26-21-31)23-7-3-6-22-53(2)39(56)29-47/h4-5,16-17,19-20,28,31H,3,6-7,9-12,14-15,18,21-27,29H2,1-2H3,(H,57,58)(H,48,50,51). The van der Waals surface area contributed by atoms with Gasteiger partial charge in [0.2, 0.25) is 5.91 Å². The van der Waals surface area contributed by atoms with E-state index in [0.717, 1.165) is 110 Å². The van der Waals surface area contributed by atoms with E-state index in [0.29, 0.717) is 56.9 Å². The van der Waals surface area contributed by atoms with Crippen LogP contribution in [0.15, 0.2) is 42.5 Å². The number of aromatic nitrogens is 4. The molecule has 0 spiro atoms. The summed E-state index contributed by atoms with van der Waals surface area (Å²) in [6.45, 7) is 7.00. The molecule has 1 atom stereocenters. The number of benzene rings is 2. The van der Waals surface area contributed by atoms with Crippen molar-refractivity contribution in [3.05, 3.63) is 75.5 Å². The number of aromatic carboxylic acids is 1. The minimum absolute atomic E-state index is 0.0124. The number of rotatable bonds is 17. The number of amides is 1. The van der Waals surface area contributed by atoms with Gasteiger partial charge in [-0.25, -0.2) is 19.2 Å². The number of halogens is 2. The van der Waals surface area contributed by atoms with Gasteiger partial charge in [0.05, 0.1) is 21.3 Å². The highest BCUT2D eigenvalue weighted by Crippen LogP contribution is 2.39. The topological polar surface area (TPSA) is 137 Å². The van der Waals surface area contributed by atoms with Crippen LogP contribution >= 0.6 is 45.3 Å². The number of fused-ring (bicyclic) bond motifs is 2. The van der Waals surface area contributed by atoms with Gasteiger partial charge >= 0.3 is 5.97 Å². The van der Waals surface area contributed by atoms with Crippen LogP contribution in [0.2, 0.25) is 0 Å². The number of thiazole rings is 2. The summed E-state index contributed by atoms with van der Waals surface area (Å²) in [5, 5.41) is 23.8. The van der Waals surface area contributed by atoms with E-state index in [1.54, 1.807) is 23.5 Å². The molecule has 2 N–H and O–H groups in total. The van der Waals surface area contributed by atoms with Gasteiger partial charge in [-0.1, -0.05) is 64.3 Å². The fourth-order valence-electron chi connectivity index (χ4n) is 7.85. The summed E-state index contributed by atoms with van der Waals surface area (Å²) in [4.78, 5) is 40.3. The maximum Gasteiger partial charge on any atom is 0.355 e. The molecule has 0 saturated carbocycles. The summed E-state index contributed by atoms with van der Waals surface area (Å²) in [6, 6.07) is 12.8. The van der Waals surface area contributed by atoms with Crippen molar-refractivity contribution >= 4 is 89.3 Å². The van der Waals surface area contributed by atoms with Gasteiger partial charge in [0.1, 0.15) is 0 Å². The molecule has 5 heterocycles. The number of anilines is 4. The Morgan fingerprint density at radius 3 is 2.74 bits per heavy atom. The van der Waals surface area contributed by atoms with Crippen LogP contribution in [0.4, 0.5) is 26.3 Å². The SMILES string of the molecule is Cc1c(Nc2nc3ccccc3s2)nnc2c1CCCN2c1nc(C(=O)O)c(CCCOc2ccc(C#CCC3CCCN(CCCCCN(C)C(=O)CI)CC3)cc2F)s1. The van der Waals surface area contributed by atoms with Crippen LogP contribution < -0.4 is 15.0 Å². The summed E-state index contributed by atoms with van der Waals surface area (Å²) in [5.74, 6) is 7.11. The van der Waals surface area contributed by atoms with Crippen molar-refractivity contribution in [3.8, 4) is 17.6 Å². The lowest BCUT2D eigenvalue weighted by Crippen LogP contribution is -2.29. The largest absolute Gasteiger partial charge is 0.491 e. The Morgan fingerprint density at radius 2 is 1.92 bits per heavy atom. The molecular formula is C45H52FIN8O4S2. The van der Waals surface area contributed by atoms with Crippen molar-refractivity contribution in [2.45, 2.75) is 77.6 Å². The molecule has 2 aromatic carbocycles. The number of para-hydroxylation sites is 1. The maximum absolute atomic E-state index is 15.1. The second kappa shape index (κ2) is 21.6. The zero-order valence-electron chi connectivity index (χ0n) is 34.7. The number of ether oxygens (including phenoxy) is 1. The van der Waals surface area contributed by atoms with Crippen molar-refractivity contribution in [1.82, 2.24) is 30.0 Å². The molecule has 61 heavy (non-hydrogen) atoms. The van der Waals surface area contributed by atoms with E-state index in [1.165, 1.54) is 17.4 Å². The number of likely N-dealkylation sites (tertiary alicyclic amines) is 1. The van der Waals surface area contributed by atoms with Crippen LogP contribution in [0.3, 0.4) is 0 Å². The number of unbranched alkanes of at least 4 members (excludes halogenated alkanes) is 2. The van der Waals surface area contributed by atoms with E-state index >= 15 is 4.39 Å². The molecule has 7 rings (SSSR count). The maximum atomic E-state index is 15.1. The number of carbonyl (C=O) groups excluding carboxylic acids is 1. The molecule has 12 nitrogen and oxygen atoms in total. The second-order valence-electron chi connectivity index (χ2n) is 15.7. The van der Waals surface area contributed by atoms with Crippen LogP contribution in [-0.2, 0) is 17.6 Å². The lowest BCUT2D eigenvalue weighted by atomic mass is 9.97. The molecule has 2 aliphatic heterocycles. The molecule has 2 aliphatic rings. The molecule has 16 heteroatoms. The Bertz CT molecular complexity index is 2350.